The SMILES string of the molecule is COc1cncc(-c2ccc3ncc4c(c3c2)n(-c2ccc(N3CC(C)NC(C)C3)c(Cl)c2)c(=O)n4C)c1. The fraction of sp³-hybridized carbons (Fsp3) is 0.276. The summed E-state index contributed by atoms with van der Waals surface area (Å²) in [7, 11) is 3.39. The molecule has 0 spiro atoms. The second-order valence-electron chi connectivity index (χ2n) is 10.0. The molecule has 5 aromatic rings. The number of ether oxygens (including phenoxy) is 1. The van der Waals surface area contributed by atoms with Crippen LogP contribution >= 0.6 is 11.6 Å². The molecule has 1 aliphatic heterocycles. The first-order valence-electron chi connectivity index (χ1n) is 12.6. The summed E-state index contributed by atoms with van der Waals surface area (Å²) in [6.07, 6.45) is 5.22. The normalized spacial score (nSPS) is 17.9. The first kappa shape index (κ1) is 24.5. The fourth-order valence-corrected chi connectivity index (χ4v) is 5.81. The largest absolute Gasteiger partial charge is 0.495 e. The summed E-state index contributed by atoms with van der Waals surface area (Å²) < 4.78 is 8.72. The summed E-state index contributed by atoms with van der Waals surface area (Å²) in [6, 6.07) is 14.6. The first-order valence-corrected chi connectivity index (χ1v) is 13.0. The van der Waals surface area contributed by atoms with Crippen molar-refractivity contribution in [2.45, 2.75) is 25.9 Å². The van der Waals surface area contributed by atoms with E-state index in [0.717, 1.165) is 51.8 Å². The fourth-order valence-electron chi connectivity index (χ4n) is 5.52. The molecule has 9 heteroatoms. The number of anilines is 1. The molecule has 3 aromatic heterocycles. The number of halogens is 1. The molecule has 1 N–H and O–H groups in total. The highest BCUT2D eigenvalue weighted by atomic mass is 35.5. The van der Waals surface area contributed by atoms with Crippen LogP contribution in [0.1, 0.15) is 13.8 Å². The summed E-state index contributed by atoms with van der Waals surface area (Å²) in [4.78, 5) is 24.8. The van der Waals surface area contributed by atoms with Gasteiger partial charge in [0.15, 0.2) is 0 Å². The number of hydrogen-bond acceptors (Lipinski definition) is 6. The summed E-state index contributed by atoms with van der Waals surface area (Å²) >= 11 is 6.86. The standard InChI is InChI=1S/C29H29ClN6O2/c1-17-15-35(16-18(2)33-17)26-8-6-21(11-24(26)30)36-28-23-10-19(20-9-22(38-4)13-31-12-20)5-7-25(23)32-14-27(28)34(3)29(36)37/h5-14,17-18,33H,15-16H2,1-4H3. The quantitative estimate of drug-likeness (QED) is 0.361. The monoisotopic (exact) mass is 528 g/mol. The maximum absolute atomic E-state index is 13.6. The predicted molar refractivity (Wildman–Crippen MR) is 153 cm³/mol. The van der Waals surface area contributed by atoms with Crippen LogP contribution in [-0.2, 0) is 7.05 Å². The molecule has 1 saturated heterocycles. The van der Waals surface area contributed by atoms with Gasteiger partial charge >= 0.3 is 5.69 Å². The van der Waals surface area contributed by atoms with Crippen molar-refractivity contribution in [2.75, 3.05) is 25.1 Å². The molecular weight excluding hydrogens is 500 g/mol. The minimum atomic E-state index is -0.156. The lowest BCUT2D eigenvalue weighted by molar-refractivity contribution is 0.407. The highest BCUT2D eigenvalue weighted by Gasteiger charge is 2.24. The Morgan fingerprint density at radius 3 is 2.53 bits per heavy atom. The Kier molecular flexibility index (Phi) is 6.08. The number of methoxy groups -OCH3 is 1. The maximum atomic E-state index is 13.6. The molecule has 0 aliphatic carbocycles. The van der Waals surface area contributed by atoms with Gasteiger partial charge in [-0.2, -0.15) is 0 Å². The van der Waals surface area contributed by atoms with Crippen LogP contribution in [0.15, 0.2) is 65.8 Å². The van der Waals surface area contributed by atoms with Crippen LogP contribution in [0.25, 0.3) is 38.8 Å². The second kappa shape index (κ2) is 9.45. The Bertz CT molecular complexity index is 1730. The number of aryl methyl sites for hydroxylation is 1. The van der Waals surface area contributed by atoms with Crippen LogP contribution in [0.4, 0.5) is 5.69 Å². The Labute approximate surface area is 225 Å². The van der Waals surface area contributed by atoms with E-state index >= 15 is 0 Å². The van der Waals surface area contributed by atoms with E-state index in [-0.39, 0.29) is 5.69 Å². The van der Waals surface area contributed by atoms with Crippen molar-refractivity contribution in [2.24, 2.45) is 7.05 Å². The van der Waals surface area contributed by atoms with Gasteiger partial charge in [-0.15, -0.1) is 0 Å². The van der Waals surface area contributed by atoms with Crippen molar-refractivity contribution in [3.8, 4) is 22.6 Å². The van der Waals surface area contributed by atoms with Gasteiger partial charge in [-0.3, -0.25) is 19.1 Å². The highest BCUT2D eigenvalue weighted by molar-refractivity contribution is 6.33. The molecule has 194 valence electrons. The lowest BCUT2D eigenvalue weighted by Gasteiger charge is -2.38. The second-order valence-corrected chi connectivity index (χ2v) is 10.4. The highest BCUT2D eigenvalue weighted by Crippen LogP contribution is 2.33. The lowest BCUT2D eigenvalue weighted by Crippen LogP contribution is -2.54. The van der Waals surface area contributed by atoms with Crippen LogP contribution < -0.4 is 20.6 Å². The molecule has 2 unspecified atom stereocenters. The average molecular weight is 529 g/mol. The van der Waals surface area contributed by atoms with Crippen molar-refractivity contribution in [1.29, 1.82) is 0 Å². The molecule has 8 nitrogen and oxygen atoms in total. The number of benzene rings is 2. The van der Waals surface area contributed by atoms with Gasteiger partial charge in [0.25, 0.3) is 0 Å². The minimum absolute atomic E-state index is 0.156. The van der Waals surface area contributed by atoms with Crippen molar-refractivity contribution >= 4 is 39.2 Å². The third-order valence-electron chi connectivity index (χ3n) is 7.25. The van der Waals surface area contributed by atoms with Gasteiger partial charge in [0.2, 0.25) is 0 Å². The molecule has 2 aromatic carbocycles. The molecule has 0 bridgehead atoms. The van der Waals surface area contributed by atoms with Gasteiger partial charge in [0.05, 0.1) is 52.5 Å². The van der Waals surface area contributed by atoms with E-state index in [4.69, 9.17) is 16.3 Å². The van der Waals surface area contributed by atoms with E-state index in [9.17, 15) is 4.79 Å². The molecule has 0 radical (unpaired) electrons. The third-order valence-corrected chi connectivity index (χ3v) is 7.56. The molecule has 1 fully saturated rings. The van der Waals surface area contributed by atoms with Gasteiger partial charge in [-0.25, -0.2) is 4.79 Å². The van der Waals surface area contributed by atoms with Crippen LogP contribution in [0.2, 0.25) is 5.02 Å². The van der Waals surface area contributed by atoms with E-state index in [1.807, 2.05) is 36.4 Å². The van der Waals surface area contributed by atoms with Crippen molar-refractivity contribution in [1.82, 2.24) is 24.4 Å². The summed E-state index contributed by atoms with van der Waals surface area (Å²) in [5.74, 6) is 0.679. The molecule has 4 heterocycles. The number of aromatic nitrogens is 4. The maximum Gasteiger partial charge on any atom is 0.333 e. The van der Waals surface area contributed by atoms with Gasteiger partial charge in [0.1, 0.15) is 5.75 Å². The van der Waals surface area contributed by atoms with Crippen LogP contribution in [0.3, 0.4) is 0 Å². The zero-order chi connectivity index (χ0) is 26.6. The van der Waals surface area contributed by atoms with E-state index < -0.39 is 0 Å². The first-order chi connectivity index (χ1) is 18.3. The smallest absolute Gasteiger partial charge is 0.333 e. The van der Waals surface area contributed by atoms with Crippen molar-refractivity contribution in [3.63, 3.8) is 0 Å². The molecule has 6 rings (SSSR count). The summed E-state index contributed by atoms with van der Waals surface area (Å²) in [5, 5.41) is 5.04. The number of nitrogens with zero attached hydrogens (tertiary/aromatic N) is 5. The number of fused-ring (bicyclic) bond motifs is 3. The Balaban J connectivity index is 1.52. The van der Waals surface area contributed by atoms with Gasteiger partial charge < -0.3 is 15.0 Å². The molecule has 1 aliphatic rings. The average Bonchev–Trinajstić information content (AvgIpc) is 3.17. The van der Waals surface area contributed by atoms with Crippen molar-refractivity contribution < 1.29 is 4.74 Å². The number of imidazole rings is 1. The van der Waals surface area contributed by atoms with Gasteiger partial charge in [-0.1, -0.05) is 17.7 Å². The van der Waals surface area contributed by atoms with E-state index in [1.54, 1.807) is 41.9 Å². The lowest BCUT2D eigenvalue weighted by atomic mass is 10.0. The van der Waals surface area contributed by atoms with Gasteiger partial charge in [0, 0.05) is 49.4 Å². The van der Waals surface area contributed by atoms with Crippen LogP contribution in [0.5, 0.6) is 5.75 Å². The summed E-state index contributed by atoms with van der Waals surface area (Å²) in [5.41, 5.74) is 5.73. The Morgan fingerprint density at radius 1 is 1.00 bits per heavy atom. The molecular formula is C29H29ClN6O2. The molecule has 2 atom stereocenters. The zero-order valence-corrected chi connectivity index (χ0v) is 22.5. The van der Waals surface area contributed by atoms with Crippen LogP contribution in [0, 0.1) is 0 Å². The molecule has 0 saturated carbocycles. The topological polar surface area (TPSA) is 77.2 Å². The summed E-state index contributed by atoms with van der Waals surface area (Å²) in [6.45, 7) is 6.09. The Morgan fingerprint density at radius 2 is 1.79 bits per heavy atom. The number of nitrogens with one attached hydrogen (secondary N) is 1. The third kappa shape index (κ3) is 4.10. The Hall–Kier alpha value is -3.88. The number of hydrogen-bond donors (Lipinski definition) is 1. The minimum Gasteiger partial charge on any atom is -0.495 e. The van der Waals surface area contributed by atoms with E-state index in [0.29, 0.717) is 28.5 Å². The number of rotatable bonds is 4. The zero-order valence-electron chi connectivity index (χ0n) is 21.8. The number of pyridine rings is 2. The van der Waals surface area contributed by atoms with Gasteiger partial charge in [-0.05, 0) is 55.8 Å². The molecule has 38 heavy (non-hydrogen) atoms. The molecule has 0 amide bonds. The van der Waals surface area contributed by atoms with E-state index in [1.165, 1.54) is 0 Å². The predicted octanol–water partition coefficient (Wildman–Crippen LogP) is 4.79. The van der Waals surface area contributed by atoms with Crippen LogP contribution in [-0.4, -0.2) is 51.4 Å². The number of piperazine rings is 1. The van der Waals surface area contributed by atoms with E-state index in [2.05, 4.69) is 40.1 Å². The van der Waals surface area contributed by atoms with Crippen molar-refractivity contribution in [3.05, 3.63) is 76.6 Å².